The van der Waals surface area contributed by atoms with Crippen molar-refractivity contribution in [3.8, 4) is 0 Å². The van der Waals surface area contributed by atoms with Gasteiger partial charge in [0.1, 0.15) is 6.61 Å². The molecule has 16 heavy (non-hydrogen) atoms. The Kier molecular flexibility index (Phi) is 3.00. The molecule has 1 heterocycles. The second-order valence-electron chi connectivity index (χ2n) is 3.44. The van der Waals surface area contributed by atoms with Gasteiger partial charge in [-0.05, 0) is 5.56 Å². The Morgan fingerprint density at radius 3 is 2.69 bits per heavy atom. The fourth-order valence-electron chi connectivity index (χ4n) is 1.43. The second-order valence-corrected chi connectivity index (χ2v) is 3.44. The quantitative estimate of drug-likeness (QED) is 0.837. The van der Waals surface area contributed by atoms with Crippen molar-refractivity contribution in [2.45, 2.75) is 6.42 Å². The molecule has 4 heteroatoms. The maximum absolute atomic E-state index is 10.6. The van der Waals surface area contributed by atoms with Gasteiger partial charge in [0.2, 0.25) is 5.76 Å². The Labute approximate surface area is 92.9 Å². The maximum atomic E-state index is 10.6. The van der Waals surface area contributed by atoms with E-state index in [-0.39, 0.29) is 12.4 Å². The van der Waals surface area contributed by atoms with Gasteiger partial charge in [-0.1, -0.05) is 30.3 Å². The number of carboxylic acid groups (broad SMARTS) is 1. The van der Waals surface area contributed by atoms with Gasteiger partial charge in [-0.3, -0.25) is 4.99 Å². The van der Waals surface area contributed by atoms with Gasteiger partial charge in [-0.25, -0.2) is 4.79 Å². The predicted octanol–water partition coefficient (Wildman–Crippen LogP) is 1.63. The van der Waals surface area contributed by atoms with E-state index in [1.807, 2.05) is 30.3 Å². The molecule has 0 saturated heterocycles. The summed E-state index contributed by atoms with van der Waals surface area (Å²) in [5, 5.41) is 8.65. The molecule has 1 aliphatic heterocycles. The highest BCUT2D eigenvalue weighted by Gasteiger charge is 2.14. The molecule has 1 aromatic rings. The van der Waals surface area contributed by atoms with E-state index in [0.29, 0.717) is 6.42 Å². The fraction of sp³-hybridized carbons (Fsp3) is 0.167. The van der Waals surface area contributed by atoms with E-state index in [4.69, 9.17) is 9.84 Å². The molecule has 1 N–H and O–H groups in total. The molecule has 0 spiro atoms. The fourth-order valence-corrected chi connectivity index (χ4v) is 1.43. The summed E-state index contributed by atoms with van der Waals surface area (Å²) in [4.78, 5) is 14.6. The molecule has 0 saturated carbocycles. The third-order valence-corrected chi connectivity index (χ3v) is 2.22. The topological polar surface area (TPSA) is 58.9 Å². The largest absolute Gasteiger partial charge is 0.479 e. The first kappa shape index (κ1) is 10.4. The number of hydrogen-bond acceptors (Lipinski definition) is 3. The molecule has 0 amide bonds. The van der Waals surface area contributed by atoms with Crippen LogP contribution in [0.5, 0.6) is 0 Å². The van der Waals surface area contributed by atoms with Crippen LogP contribution in [0.4, 0.5) is 0 Å². The lowest BCUT2D eigenvalue weighted by atomic mass is 10.1. The zero-order chi connectivity index (χ0) is 11.4. The summed E-state index contributed by atoms with van der Waals surface area (Å²) < 4.78 is 5.05. The lowest BCUT2D eigenvalue weighted by Crippen LogP contribution is -2.18. The van der Waals surface area contributed by atoms with E-state index in [2.05, 4.69) is 4.99 Å². The molecule has 0 atom stereocenters. The minimum atomic E-state index is -1.08. The Balaban J connectivity index is 2.06. The maximum Gasteiger partial charge on any atom is 0.372 e. The predicted molar refractivity (Wildman–Crippen MR) is 59.3 cm³/mol. The van der Waals surface area contributed by atoms with Crippen molar-refractivity contribution in [1.82, 2.24) is 0 Å². The zero-order valence-electron chi connectivity index (χ0n) is 8.59. The molecule has 1 aliphatic rings. The standard InChI is InChI=1S/C12H11NO3/c14-12(15)11-7-13-10(8-16-11)6-9-4-2-1-3-5-9/h1-5,7H,6,8H2,(H,14,15). The van der Waals surface area contributed by atoms with Crippen LogP contribution >= 0.6 is 0 Å². The van der Waals surface area contributed by atoms with Gasteiger partial charge in [0.05, 0.1) is 11.9 Å². The van der Waals surface area contributed by atoms with Gasteiger partial charge in [-0.2, -0.15) is 0 Å². The molecule has 1 aromatic carbocycles. The number of rotatable bonds is 3. The van der Waals surface area contributed by atoms with E-state index in [0.717, 1.165) is 11.3 Å². The Morgan fingerprint density at radius 1 is 1.38 bits per heavy atom. The summed E-state index contributed by atoms with van der Waals surface area (Å²) in [5.41, 5.74) is 1.97. The summed E-state index contributed by atoms with van der Waals surface area (Å²) in [6, 6.07) is 9.86. The Morgan fingerprint density at radius 2 is 2.12 bits per heavy atom. The lowest BCUT2D eigenvalue weighted by Gasteiger charge is -2.12. The van der Waals surface area contributed by atoms with E-state index in [9.17, 15) is 4.79 Å². The van der Waals surface area contributed by atoms with Crippen molar-refractivity contribution in [3.63, 3.8) is 0 Å². The summed E-state index contributed by atoms with van der Waals surface area (Å²) in [5.74, 6) is -1.18. The van der Waals surface area contributed by atoms with E-state index in [1.165, 1.54) is 6.20 Å². The number of aliphatic carboxylic acids is 1. The van der Waals surface area contributed by atoms with E-state index >= 15 is 0 Å². The molecule has 82 valence electrons. The highest BCUT2D eigenvalue weighted by Crippen LogP contribution is 2.08. The van der Waals surface area contributed by atoms with Crippen LogP contribution in [0.3, 0.4) is 0 Å². The molecule has 0 bridgehead atoms. The molecular weight excluding hydrogens is 206 g/mol. The number of benzene rings is 1. The van der Waals surface area contributed by atoms with Crippen LogP contribution in [0.25, 0.3) is 0 Å². The van der Waals surface area contributed by atoms with Crippen LogP contribution in [0, 0.1) is 0 Å². The van der Waals surface area contributed by atoms with Gasteiger partial charge in [0.25, 0.3) is 0 Å². The van der Waals surface area contributed by atoms with Crippen molar-refractivity contribution >= 4 is 11.7 Å². The zero-order valence-corrected chi connectivity index (χ0v) is 8.59. The molecule has 0 aromatic heterocycles. The van der Waals surface area contributed by atoms with Crippen molar-refractivity contribution in [1.29, 1.82) is 0 Å². The van der Waals surface area contributed by atoms with Gasteiger partial charge in [0.15, 0.2) is 0 Å². The summed E-state index contributed by atoms with van der Waals surface area (Å²) in [6.45, 7) is 0.243. The number of ether oxygens (including phenoxy) is 1. The normalized spacial score (nSPS) is 14.8. The van der Waals surface area contributed by atoms with Crippen molar-refractivity contribution < 1.29 is 14.6 Å². The average molecular weight is 217 g/mol. The van der Waals surface area contributed by atoms with Gasteiger partial charge in [-0.15, -0.1) is 0 Å². The Hall–Kier alpha value is -2.10. The van der Waals surface area contributed by atoms with E-state index < -0.39 is 5.97 Å². The third kappa shape index (κ3) is 2.48. The van der Waals surface area contributed by atoms with Crippen LogP contribution in [0.15, 0.2) is 47.3 Å². The van der Waals surface area contributed by atoms with Crippen molar-refractivity contribution in [2.24, 2.45) is 4.99 Å². The summed E-state index contributed by atoms with van der Waals surface area (Å²) in [7, 11) is 0. The summed E-state index contributed by atoms with van der Waals surface area (Å²) in [6.07, 6.45) is 1.94. The van der Waals surface area contributed by atoms with Crippen molar-refractivity contribution in [2.75, 3.05) is 6.61 Å². The van der Waals surface area contributed by atoms with Crippen LogP contribution in [0.1, 0.15) is 5.56 Å². The number of hydrogen-bond donors (Lipinski definition) is 1. The average Bonchev–Trinajstić information content (AvgIpc) is 2.31. The minimum Gasteiger partial charge on any atom is -0.479 e. The van der Waals surface area contributed by atoms with Gasteiger partial charge < -0.3 is 9.84 Å². The molecule has 0 aliphatic carbocycles. The molecule has 0 fully saturated rings. The molecule has 0 radical (unpaired) electrons. The van der Waals surface area contributed by atoms with Crippen LogP contribution in [-0.2, 0) is 16.0 Å². The Bertz CT molecular complexity index is 449. The number of nitrogens with zero attached hydrogens (tertiary/aromatic N) is 1. The number of carboxylic acids is 1. The molecular formula is C12H11NO3. The molecule has 0 unspecified atom stereocenters. The summed E-state index contributed by atoms with van der Waals surface area (Å²) >= 11 is 0. The molecule has 4 nitrogen and oxygen atoms in total. The van der Waals surface area contributed by atoms with Crippen molar-refractivity contribution in [3.05, 3.63) is 47.9 Å². The minimum absolute atomic E-state index is 0.100. The van der Waals surface area contributed by atoms with E-state index in [1.54, 1.807) is 0 Å². The molecule has 2 rings (SSSR count). The lowest BCUT2D eigenvalue weighted by molar-refractivity contribution is -0.136. The van der Waals surface area contributed by atoms with Gasteiger partial charge >= 0.3 is 5.97 Å². The number of carbonyl (C=O) groups is 1. The van der Waals surface area contributed by atoms with Crippen LogP contribution < -0.4 is 0 Å². The SMILES string of the molecule is O=C(O)C1=CN=C(Cc2ccccc2)CO1. The first-order chi connectivity index (χ1) is 7.75. The highest BCUT2D eigenvalue weighted by atomic mass is 16.5. The monoisotopic (exact) mass is 217 g/mol. The second kappa shape index (κ2) is 4.61. The first-order valence-electron chi connectivity index (χ1n) is 4.91. The van der Waals surface area contributed by atoms with Gasteiger partial charge in [0, 0.05) is 6.42 Å². The third-order valence-electron chi connectivity index (χ3n) is 2.22. The van der Waals surface area contributed by atoms with Crippen LogP contribution in [0.2, 0.25) is 0 Å². The number of aliphatic imine (C=N–C) groups is 1. The van der Waals surface area contributed by atoms with Crippen LogP contribution in [-0.4, -0.2) is 23.4 Å². The smallest absolute Gasteiger partial charge is 0.372 e. The highest BCUT2D eigenvalue weighted by molar-refractivity contribution is 5.92. The first-order valence-corrected chi connectivity index (χ1v) is 4.91.